The van der Waals surface area contributed by atoms with Crippen molar-refractivity contribution in [2.45, 2.75) is 39.8 Å². The van der Waals surface area contributed by atoms with Crippen LogP contribution < -0.4 is 0 Å². The van der Waals surface area contributed by atoms with Crippen molar-refractivity contribution in [1.82, 2.24) is 4.90 Å². The van der Waals surface area contributed by atoms with Crippen LogP contribution in [0.5, 0.6) is 0 Å². The maximum absolute atomic E-state index is 5.64. The highest BCUT2D eigenvalue weighted by molar-refractivity contribution is 7.98. The molecule has 1 aliphatic heterocycles. The molecule has 1 unspecified atom stereocenters. The topological polar surface area (TPSA) is 12.5 Å². The number of thioether (sulfide) groups is 1. The Morgan fingerprint density at radius 1 is 1.43 bits per heavy atom. The smallest absolute Gasteiger partial charge is 0.0792 e. The van der Waals surface area contributed by atoms with Crippen molar-refractivity contribution in [3.8, 4) is 0 Å². The molecule has 0 aromatic rings. The second-order valence-electron chi connectivity index (χ2n) is 3.54. The van der Waals surface area contributed by atoms with Gasteiger partial charge >= 0.3 is 0 Å². The van der Waals surface area contributed by atoms with E-state index in [1.54, 1.807) is 0 Å². The third-order valence-electron chi connectivity index (χ3n) is 2.25. The number of morpholine rings is 1. The molecule has 0 aliphatic carbocycles. The fourth-order valence-electron chi connectivity index (χ4n) is 1.50. The Morgan fingerprint density at radius 3 is 2.57 bits per heavy atom. The summed E-state index contributed by atoms with van der Waals surface area (Å²) in [5.74, 6) is 1.13. The Morgan fingerprint density at radius 2 is 2.07 bits per heavy atom. The molecular weight excluding hydrogens is 194 g/mol. The second kappa shape index (κ2) is 8.57. The highest BCUT2D eigenvalue weighted by Crippen LogP contribution is 2.11. The number of ether oxygens (including phenoxy) is 1. The number of hydrogen-bond donors (Lipinski definition) is 0. The van der Waals surface area contributed by atoms with Crippen LogP contribution in [0.15, 0.2) is 0 Å². The first-order valence-corrected chi connectivity index (χ1v) is 6.98. The highest BCUT2D eigenvalue weighted by atomic mass is 32.2. The lowest BCUT2D eigenvalue weighted by Gasteiger charge is -2.35. The minimum absolute atomic E-state index is 0.455. The molecule has 0 amide bonds. The molecule has 1 fully saturated rings. The van der Waals surface area contributed by atoms with E-state index < -0.39 is 0 Å². The Balaban J connectivity index is 0.000000791. The van der Waals surface area contributed by atoms with E-state index in [1.165, 1.54) is 0 Å². The molecule has 86 valence electrons. The predicted octanol–water partition coefficient (Wildman–Crippen LogP) is 2.48. The van der Waals surface area contributed by atoms with Crippen LogP contribution in [0, 0.1) is 0 Å². The Kier molecular flexibility index (Phi) is 8.73. The fraction of sp³-hybridized carbons (Fsp3) is 1.00. The molecule has 14 heavy (non-hydrogen) atoms. The summed E-state index contributed by atoms with van der Waals surface area (Å²) in [6.07, 6.45) is 2.59. The largest absolute Gasteiger partial charge is 0.375 e. The number of hydrogen-bond acceptors (Lipinski definition) is 3. The Labute approximate surface area is 93.4 Å². The Bertz CT molecular complexity index is 128. The van der Waals surface area contributed by atoms with Gasteiger partial charge in [0, 0.05) is 24.9 Å². The first-order valence-electron chi connectivity index (χ1n) is 5.58. The standard InChI is InChI=1S/C9H19NOS.C2H6/c1-8(2)10-4-5-11-9(6-10)7-12-3;1-2/h8-9H,4-7H2,1-3H3;1-2H3. The van der Waals surface area contributed by atoms with Crippen molar-refractivity contribution < 1.29 is 4.74 Å². The zero-order valence-electron chi connectivity index (χ0n) is 10.2. The summed E-state index contributed by atoms with van der Waals surface area (Å²) in [5.41, 5.74) is 0. The maximum atomic E-state index is 5.64. The zero-order chi connectivity index (χ0) is 11.0. The summed E-state index contributed by atoms with van der Waals surface area (Å²) >= 11 is 1.87. The van der Waals surface area contributed by atoms with E-state index in [9.17, 15) is 0 Å². The van der Waals surface area contributed by atoms with Gasteiger partial charge in [-0.1, -0.05) is 13.8 Å². The van der Waals surface area contributed by atoms with Crippen LogP contribution in [0.2, 0.25) is 0 Å². The van der Waals surface area contributed by atoms with Gasteiger partial charge in [0.2, 0.25) is 0 Å². The van der Waals surface area contributed by atoms with Gasteiger partial charge in [-0.25, -0.2) is 0 Å². The van der Waals surface area contributed by atoms with E-state index in [4.69, 9.17) is 4.74 Å². The lowest BCUT2D eigenvalue weighted by Crippen LogP contribution is -2.46. The maximum Gasteiger partial charge on any atom is 0.0792 e. The van der Waals surface area contributed by atoms with Crippen molar-refractivity contribution in [3.63, 3.8) is 0 Å². The predicted molar refractivity (Wildman–Crippen MR) is 66.2 cm³/mol. The highest BCUT2D eigenvalue weighted by Gasteiger charge is 2.21. The van der Waals surface area contributed by atoms with E-state index in [-0.39, 0.29) is 0 Å². The molecule has 0 N–H and O–H groups in total. The molecule has 0 spiro atoms. The van der Waals surface area contributed by atoms with Gasteiger partial charge in [0.05, 0.1) is 12.7 Å². The van der Waals surface area contributed by atoms with Crippen molar-refractivity contribution >= 4 is 11.8 Å². The molecule has 0 aromatic heterocycles. The quantitative estimate of drug-likeness (QED) is 0.723. The van der Waals surface area contributed by atoms with E-state index in [0.717, 1.165) is 25.4 Å². The molecule has 1 heterocycles. The average molecular weight is 219 g/mol. The van der Waals surface area contributed by atoms with Gasteiger partial charge in [-0.3, -0.25) is 4.90 Å². The summed E-state index contributed by atoms with van der Waals surface area (Å²) in [7, 11) is 0. The van der Waals surface area contributed by atoms with Crippen LogP contribution in [0.4, 0.5) is 0 Å². The third-order valence-corrected chi connectivity index (χ3v) is 2.96. The lowest BCUT2D eigenvalue weighted by molar-refractivity contribution is -0.0264. The van der Waals surface area contributed by atoms with Crippen LogP contribution in [0.25, 0.3) is 0 Å². The normalized spacial score (nSPS) is 23.1. The van der Waals surface area contributed by atoms with Gasteiger partial charge in [-0.05, 0) is 20.1 Å². The Hall–Kier alpha value is 0.270. The third kappa shape index (κ3) is 5.23. The molecular formula is C11H25NOS. The first kappa shape index (κ1) is 14.3. The van der Waals surface area contributed by atoms with Gasteiger partial charge in [0.15, 0.2) is 0 Å². The summed E-state index contributed by atoms with van der Waals surface area (Å²) in [6.45, 7) is 11.6. The number of nitrogens with zero attached hydrogens (tertiary/aromatic N) is 1. The van der Waals surface area contributed by atoms with Crippen LogP contribution in [-0.2, 0) is 4.74 Å². The van der Waals surface area contributed by atoms with Crippen molar-refractivity contribution in [2.24, 2.45) is 0 Å². The van der Waals surface area contributed by atoms with Gasteiger partial charge in [-0.15, -0.1) is 0 Å². The minimum Gasteiger partial charge on any atom is -0.375 e. The van der Waals surface area contributed by atoms with Gasteiger partial charge in [0.25, 0.3) is 0 Å². The van der Waals surface area contributed by atoms with Crippen LogP contribution in [0.1, 0.15) is 27.7 Å². The average Bonchev–Trinajstić information content (AvgIpc) is 2.22. The molecule has 0 aromatic carbocycles. The molecule has 1 atom stereocenters. The second-order valence-corrected chi connectivity index (χ2v) is 4.45. The number of rotatable bonds is 3. The van der Waals surface area contributed by atoms with Gasteiger partial charge in [-0.2, -0.15) is 11.8 Å². The van der Waals surface area contributed by atoms with Gasteiger partial charge < -0.3 is 4.74 Å². The van der Waals surface area contributed by atoms with Gasteiger partial charge in [0.1, 0.15) is 0 Å². The lowest BCUT2D eigenvalue weighted by atomic mass is 10.2. The molecule has 0 bridgehead atoms. The monoisotopic (exact) mass is 219 g/mol. The molecule has 1 saturated heterocycles. The SMILES string of the molecule is CC.CSCC1CN(C(C)C)CCO1. The summed E-state index contributed by atoms with van der Waals surface area (Å²) in [5, 5.41) is 0. The minimum atomic E-state index is 0.455. The molecule has 0 radical (unpaired) electrons. The molecule has 2 nitrogen and oxygen atoms in total. The summed E-state index contributed by atoms with van der Waals surface area (Å²) < 4.78 is 5.64. The van der Waals surface area contributed by atoms with E-state index in [1.807, 2.05) is 25.6 Å². The zero-order valence-corrected chi connectivity index (χ0v) is 11.1. The van der Waals surface area contributed by atoms with E-state index in [2.05, 4.69) is 25.0 Å². The molecule has 1 aliphatic rings. The summed E-state index contributed by atoms with van der Waals surface area (Å²) in [4.78, 5) is 2.49. The molecule has 0 saturated carbocycles. The van der Waals surface area contributed by atoms with E-state index in [0.29, 0.717) is 12.1 Å². The van der Waals surface area contributed by atoms with Crippen LogP contribution in [0.3, 0.4) is 0 Å². The van der Waals surface area contributed by atoms with Crippen molar-refractivity contribution in [3.05, 3.63) is 0 Å². The van der Waals surface area contributed by atoms with Crippen molar-refractivity contribution in [1.29, 1.82) is 0 Å². The molecule has 3 heteroatoms. The molecule has 1 rings (SSSR count). The van der Waals surface area contributed by atoms with E-state index >= 15 is 0 Å². The van der Waals surface area contributed by atoms with Crippen LogP contribution in [-0.4, -0.2) is 48.8 Å². The summed E-state index contributed by atoms with van der Waals surface area (Å²) in [6, 6.07) is 0.665. The van der Waals surface area contributed by atoms with Crippen LogP contribution >= 0.6 is 11.8 Å². The fourth-order valence-corrected chi connectivity index (χ4v) is 2.07. The first-order chi connectivity index (χ1) is 6.74. The van der Waals surface area contributed by atoms with Crippen molar-refractivity contribution in [2.75, 3.05) is 31.7 Å².